The third kappa shape index (κ3) is 4.81. The van der Waals surface area contributed by atoms with E-state index in [1.54, 1.807) is 19.3 Å². The minimum atomic E-state index is 0.0595. The Morgan fingerprint density at radius 2 is 1.94 bits per heavy atom. The van der Waals surface area contributed by atoms with Gasteiger partial charge in [-0.1, -0.05) is 6.58 Å². The second-order valence-corrected chi connectivity index (χ2v) is 9.40. The minimum absolute atomic E-state index is 0.0595. The van der Waals surface area contributed by atoms with Crippen molar-refractivity contribution in [3.8, 4) is 5.75 Å². The number of aromatic nitrogens is 1. The van der Waals surface area contributed by atoms with Gasteiger partial charge in [-0.25, -0.2) is 0 Å². The smallest absolute Gasteiger partial charge is 0.251 e. The Hall–Kier alpha value is -3.23. The van der Waals surface area contributed by atoms with Gasteiger partial charge in [0.25, 0.3) is 5.56 Å². The summed E-state index contributed by atoms with van der Waals surface area (Å²) in [6.07, 6.45) is 5.57. The number of likely N-dealkylation sites (tertiary alicyclic amines) is 1. The van der Waals surface area contributed by atoms with Crippen molar-refractivity contribution < 1.29 is 14.2 Å². The van der Waals surface area contributed by atoms with Crippen molar-refractivity contribution in [2.75, 3.05) is 46.5 Å². The maximum atomic E-state index is 12.5. The maximum absolute atomic E-state index is 12.5. The zero-order chi connectivity index (χ0) is 24.4. The monoisotopic (exact) mass is 478 g/mol. The first kappa shape index (κ1) is 23.5. The molecule has 3 aliphatic heterocycles. The third-order valence-corrected chi connectivity index (χ3v) is 7.19. The molecule has 186 valence electrons. The van der Waals surface area contributed by atoms with Crippen LogP contribution in [0.15, 0.2) is 65.0 Å². The first-order chi connectivity index (χ1) is 17.1. The summed E-state index contributed by atoms with van der Waals surface area (Å²) in [5, 5.41) is 4.68. The second-order valence-electron chi connectivity index (χ2n) is 9.40. The fourth-order valence-corrected chi connectivity index (χ4v) is 5.45. The summed E-state index contributed by atoms with van der Waals surface area (Å²) >= 11 is 0. The maximum Gasteiger partial charge on any atom is 0.251 e. The number of hydrogen-bond acceptors (Lipinski definition) is 7. The molecule has 1 unspecified atom stereocenters. The van der Waals surface area contributed by atoms with Gasteiger partial charge in [-0.3, -0.25) is 4.79 Å². The summed E-state index contributed by atoms with van der Waals surface area (Å²) in [5.74, 6) is 2.40. The molecule has 3 N–H and O–H groups in total. The van der Waals surface area contributed by atoms with Crippen LogP contribution in [0.1, 0.15) is 24.3 Å². The lowest BCUT2D eigenvalue weighted by atomic mass is 9.96. The zero-order valence-electron chi connectivity index (χ0n) is 20.3. The molecule has 1 aromatic carbocycles. The van der Waals surface area contributed by atoms with Gasteiger partial charge in [0.05, 0.1) is 12.6 Å². The largest absolute Gasteiger partial charge is 0.496 e. The highest BCUT2D eigenvalue weighted by Crippen LogP contribution is 2.39. The standard InChI is InChI=1S/C27H34N4O4/c1-3-22-24(35-13-12-34-22)14-20(28)15-29-21-8-10-30(11-9-21)16-19-17-31-25(32)7-5-18-4-6-23(33-2)26(19)27(18)31/h3-7,14,19,21,29H,1,8-13,15-17,28H2,2H3/b20-14-. The Kier molecular flexibility index (Phi) is 6.83. The number of allylic oxidation sites excluding steroid dienone is 2. The summed E-state index contributed by atoms with van der Waals surface area (Å²) in [7, 11) is 1.71. The molecule has 1 saturated heterocycles. The number of hydrogen-bond donors (Lipinski definition) is 2. The second kappa shape index (κ2) is 10.2. The fourth-order valence-electron chi connectivity index (χ4n) is 5.45. The van der Waals surface area contributed by atoms with Gasteiger partial charge in [-0.2, -0.15) is 0 Å². The van der Waals surface area contributed by atoms with Gasteiger partial charge < -0.3 is 34.7 Å². The minimum Gasteiger partial charge on any atom is -0.496 e. The predicted molar refractivity (Wildman–Crippen MR) is 136 cm³/mol. The van der Waals surface area contributed by atoms with E-state index in [2.05, 4.69) is 16.8 Å². The van der Waals surface area contributed by atoms with Crippen molar-refractivity contribution in [2.45, 2.75) is 31.3 Å². The number of nitrogens with one attached hydrogen (secondary N) is 1. The van der Waals surface area contributed by atoms with Crippen LogP contribution in [0.3, 0.4) is 0 Å². The van der Waals surface area contributed by atoms with E-state index in [-0.39, 0.29) is 11.5 Å². The molecule has 0 aliphatic carbocycles. The van der Waals surface area contributed by atoms with Crippen LogP contribution in [0, 0.1) is 0 Å². The SMILES string of the molecule is C=CC1=C(/C=C(\N)CNC2CCN(CC3Cn4c(=O)ccc5ccc(OC)c3c54)CC2)OCCO1. The van der Waals surface area contributed by atoms with Crippen LogP contribution < -0.4 is 21.3 Å². The summed E-state index contributed by atoms with van der Waals surface area (Å²) < 4.78 is 18.8. The topological polar surface area (TPSA) is 91.0 Å². The van der Waals surface area contributed by atoms with Crippen molar-refractivity contribution in [1.82, 2.24) is 14.8 Å². The van der Waals surface area contributed by atoms with E-state index in [0.29, 0.717) is 49.6 Å². The molecule has 1 atom stereocenters. The number of rotatable bonds is 8. The molecule has 1 fully saturated rings. The molecule has 3 aliphatic rings. The lowest BCUT2D eigenvalue weighted by Crippen LogP contribution is -2.44. The van der Waals surface area contributed by atoms with Gasteiger partial charge in [0, 0.05) is 55.0 Å². The molecule has 0 saturated carbocycles. The normalized spacial score (nSPS) is 21.2. The van der Waals surface area contributed by atoms with Gasteiger partial charge >= 0.3 is 0 Å². The lowest BCUT2D eigenvalue weighted by molar-refractivity contribution is 0.0768. The lowest BCUT2D eigenvalue weighted by Gasteiger charge is -2.34. The van der Waals surface area contributed by atoms with E-state index in [9.17, 15) is 4.79 Å². The molecule has 0 amide bonds. The highest BCUT2D eigenvalue weighted by Gasteiger charge is 2.31. The van der Waals surface area contributed by atoms with Gasteiger partial charge in [-0.05, 0) is 55.6 Å². The molecule has 0 bridgehead atoms. The summed E-state index contributed by atoms with van der Waals surface area (Å²) in [6.45, 7) is 9.04. The Labute approximate surface area is 205 Å². The predicted octanol–water partition coefficient (Wildman–Crippen LogP) is 2.45. The van der Waals surface area contributed by atoms with Crippen LogP contribution in [-0.4, -0.2) is 62.0 Å². The van der Waals surface area contributed by atoms with Gasteiger partial charge in [0.15, 0.2) is 11.5 Å². The number of nitrogens with zero attached hydrogens (tertiary/aromatic N) is 2. The molecule has 8 heteroatoms. The molecule has 4 heterocycles. The Morgan fingerprint density at radius 1 is 1.20 bits per heavy atom. The number of benzene rings is 1. The zero-order valence-corrected chi connectivity index (χ0v) is 20.3. The number of piperidine rings is 1. The Balaban J connectivity index is 1.17. The van der Waals surface area contributed by atoms with E-state index >= 15 is 0 Å². The van der Waals surface area contributed by atoms with Crippen molar-refractivity contribution in [3.63, 3.8) is 0 Å². The average Bonchev–Trinajstić information content (AvgIpc) is 3.27. The van der Waals surface area contributed by atoms with Crippen molar-refractivity contribution in [3.05, 3.63) is 76.1 Å². The molecular weight excluding hydrogens is 444 g/mol. The number of methoxy groups -OCH3 is 1. The molecule has 5 rings (SSSR count). The highest BCUT2D eigenvalue weighted by molar-refractivity contribution is 5.86. The quantitative estimate of drug-likeness (QED) is 0.602. The van der Waals surface area contributed by atoms with E-state index in [4.69, 9.17) is 19.9 Å². The first-order valence-corrected chi connectivity index (χ1v) is 12.3. The van der Waals surface area contributed by atoms with Gasteiger partial charge in [0.2, 0.25) is 0 Å². The van der Waals surface area contributed by atoms with Crippen LogP contribution in [0.5, 0.6) is 5.75 Å². The van der Waals surface area contributed by atoms with E-state index in [0.717, 1.165) is 49.1 Å². The van der Waals surface area contributed by atoms with Crippen LogP contribution in [0.25, 0.3) is 10.9 Å². The first-order valence-electron chi connectivity index (χ1n) is 12.3. The van der Waals surface area contributed by atoms with Gasteiger partial charge in [-0.15, -0.1) is 0 Å². The van der Waals surface area contributed by atoms with Crippen LogP contribution in [-0.2, 0) is 16.0 Å². The van der Waals surface area contributed by atoms with Crippen molar-refractivity contribution in [2.24, 2.45) is 5.73 Å². The van der Waals surface area contributed by atoms with Crippen molar-refractivity contribution >= 4 is 10.9 Å². The van der Waals surface area contributed by atoms with E-state index in [1.165, 1.54) is 5.56 Å². The molecule has 0 spiro atoms. The Bertz CT molecular complexity index is 1220. The average molecular weight is 479 g/mol. The van der Waals surface area contributed by atoms with Gasteiger partial charge in [0.1, 0.15) is 19.0 Å². The Morgan fingerprint density at radius 3 is 2.69 bits per heavy atom. The number of pyridine rings is 1. The summed E-state index contributed by atoms with van der Waals surface area (Å²) in [5.41, 5.74) is 9.21. The van der Waals surface area contributed by atoms with Crippen molar-refractivity contribution in [1.29, 1.82) is 0 Å². The molecule has 35 heavy (non-hydrogen) atoms. The molecular formula is C27H34N4O4. The third-order valence-electron chi connectivity index (χ3n) is 7.19. The molecule has 8 nitrogen and oxygen atoms in total. The molecule has 1 aromatic heterocycles. The molecule has 2 aromatic rings. The number of ether oxygens (including phenoxy) is 3. The fraction of sp³-hybridized carbons (Fsp3) is 0.444. The van der Waals surface area contributed by atoms with E-state index < -0.39 is 0 Å². The highest BCUT2D eigenvalue weighted by atomic mass is 16.6. The summed E-state index contributed by atoms with van der Waals surface area (Å²) in [6, 6.07) is 8.06. The van der Waals surface area contributed by atoms with E-state index in [1.807, 2.05) is 28.8 Å². The van der Waals surface area contributed by atoms with Crippen LogP contribution in [0.4, 0.5) is 0 Å². The summed E-state index contributed by atoms with van der Waals surface area (Å²) in [4.78, 5) is 15.0. The van der Waals surface area contributed by atoms with Crippen LogP contribution in [0.2, 0.25) is 0 Å². The van der Waals surface area contributed by atoms with Crippen LogP contribution >= 0.6 is 0 Å². The molecule has 0 radical (unpaired) electrons. The number of nitrogens with two attached hydrogens (primary N) is 1.